The van der Waals surface area contributed by atoms with Gasteiger partial charge in [0.15, 0.2) is 5.82 Å². The van der Waals surface area contributed by atoms with Crippen molar-refractivity contribution >= 4 is 11.6 Å². The van der Waals surface area contributed by atoms with Gasteiger partial charge in [-0.15, -0.1) is 0 Å². The Morgan fingerprint density at radius 3 is 2.43 bits per heavy atom. The summed E-state index contributed by atoms with van der Waals surface area (Å²) in [6.45, 7) is 5.22. The minimum Gasteiger partial charge on any atom is -0.310 e. The first-order chi connectivity index (χ1) is 10.2. The number of halogens is 1. The second-order valence-corrected chi connectivity index (χ2v) is 6.02. The Labute approximate surface area is 130 Å². The Kier molecular flexibility index (Phi) is 4.22. The Morgan fingerprint density at radius 2 is 1.81 bits per heavy atom. The number of nitrogens with one attached hydrogen (secondary N) is 1. The molecule has 1 unspecified atom stereocenters. The second kappa shape index (κ2) is 6.12. The van der Waals surface area contributed by atoms with E-state index in [0.717, 1.165) is 35.7 Å². The van der Waals surface area contributed by atoms with Crippen LogP contribution < -0.4 is 5.32 Å². The maximum Gasteiger partial charge on any atom is 0.161 e. The molecular weight excluding hydrogens is 282 g/mol. The van der Waals surface area contributed by atoms with E-state index < -0.39 is 0 Å². The van der Waals surface area contributed by atoms with Crippen molar-refractivity contribution in [2.75, 3.05) is 6.54 Å². The van der Waals surface area contributed by atoms with Gasteiger partial charge in [0.25, 0.3) is 0 Å². The number of aromatic nitrogens is 2. The Hall–Kier alpha value is -1.45. The van der Waals surface area contributed by atoms with Gasteiger partial charge in [-0.1, -0.05) is 30.2 Å². The van der Waals surface area contributed by atoms with Gasteiger partial charge in [-0.05, 0) is 45.4 Å². The molecule has 0 aliphatic carbocycles. The van der Waals surface area contributed by atoms with Gasteiger partial charge < -0.3 is 5.32 Å². The minimum atomic E-state index is 0.388. The smallest absolute Gasteiger partial charge is 0.161 e. The third kappa shape index (κ3) is 2.94. The van der Waals surface area contributed by atoms with Crippen molar-refractivity contribution in [2.45, 2.75) is 39.2 Å². The highest BCUT2D eigenvalue weighted by Gasteiger charge is 2.21. The summed E-state index contributed by atoms with van der Waals surface area (Å²) >= 11 is 6.26. The van der Waals surface area contributed by atoms with Crippen molar-refractivity contribution in [3.05, 3.63) is 46.2 Å². The molecule has 4 heteroatoms. The number of benzene rings is 1. The van der Waals surface area contributed by atoms with E-state index in [0.29, 0.717) is 11.1 Å². The summed E-state index contributed by atoms with van der Waals surface area (Å²) in [5, 5.41) is 4.28. The molecule has 2 aromatic rings. The van der Waals surface area contributed by atoms with E-state index in [4.69, 9.17) is 21.6 Å². The number of hydrogen-bond donors (Lipinski definition) is 1. The number of nitrogens with zero attached hydrogens (tertiary/aromatic N) is 2. The molecule has 1 atom stereocenters. The molecule has 1 fully saturated rings. The van der Waals surface area contributed by atoms with E-state index in [1.807, 2.05) is 24.3 Å². The number of rotatable bonds is 2. The lowest BCUT2D eigenvalue weighted by molar-refractivity contribution is 0.408. The average Bonchev–Trinajstić information content (AvgIpc) is 2.48. The van der Waals surface area contributed by atoms with Crippen molar-refractivity contribution in [3.63, 3.8) is 0 Å². The van der Waals surface area contributed by atoms with Crippen molar-refractivity contribution in [1.82, 2.24) is 15.3 Å². The Morgan fingerprint density at radius 1 is 1.10 bits per heavy atom. The van der Waals surface area contributed by atoms with Gasteiger partial charge in [-0.3, -0.25) is 0 Å². The van der Waals surface area contributed by atoms with Crippen molar-refractivity contribution in [3.8, 4) is 11.4 Å². The molecular formula is C17H20ClN3. The highest BCUT2D eigenvalue weighted by molar-refractivity contribution is 6.33. The highest BCUT2D eigenvalue weighted by atomic mass is 35.5. The van der Waals surface area contributed by atoms with Gasteiger partial charge in [-0.2, -0.15) is 0 Å². The average molecular weight is 302 g/mol. The third-order valence-corrected chi connectivity index (χ3v) is 4.43. The monoisotopic (exact) mass is 301 g/mol. The highest BCUT2D eigenvalue weighted by Crippen LogP contribution is 2.30. The van der Waals surface area contributed by atoms with Crippen LogP contribution in [0.4, 0.5) is 0 Å². The lowest BCUT2D eigenvalue weighted by Crippen LogP contribution is -2.28. The van der Waals surface area contributed by atoms with Crippen LogP contribution in [0, 0.1) is 13.8 Å². The maximum atomic E-state index is 6.26. The first kappa shape index (κ1) is 14.5. The summed E-state index contributed by atoms with van der Waals surface area (Å²) in [7, 11) is 0. The van der Waals surface area contributed by atoms with E-state index in [-0.39, 0.29) is 0 Å². The molecule has 1 aromatic carbocycles. The lowest BCUT2D eigenvalue weighted by atomic mass is 9.95. The Bertz CT molecular complexity index is 625. The molecule has 0 amide bonds. The molecule has 0 radical (unpaired) electrons. The second-order valence-electron chi connectivity index (χ2n) is 5.61. The minimum absolute atomic E-state index is 0.388. The summed E-state index contributed by atoms with van der Waals surface area (Å²) in [5.74, 6) is 0.718. The summed E-state index contributed by atoms with van der Waals surface area (Å²) < 4.78 is 0. The molecule has 0 spiro atoms. The normalized spacial score (nSPS) is 18.7. The van der Waals surface area contributed by atoms with Crippen molar-refractivity contribution in [2.24, 2.45) is 0 Å². The summed E-state index contributed by atoms with van der Waals surface area (Å²) in [4.78, 5) is 9.41. The van der Waals surface area contributed by atoms with Gasteiger partial charge in [0, 0.05) is 28.6 Å². The van der Waals surface area contributed by atoms with Crippen LogP contribution in [0.1, 0.15) is 42.3 Å². The molecule has 3 nitrogen and oxygen atoms in total. The van der Waals surface area contributed by atoms with Crippen LogP contribution in [0.15, 0.2) is 24.3 Å². The molecule has 3 rings (SSSR count). The molecule has 1 N–H and O–H groups in total. The predicted octanol–water partition coefficient (Wildman–Crippen LogP) is 4.23. The largest absolute Gasteiger partial charge is 0.310 e. The molecule has 0 bridgehead atoms. The van der Waals surface area contributed by atoms with Crippen LogP contribution in [-0.4, -0.2) is 16.5 Å². The summed E-state index contributed by atoms with van der Waals surface area (Å²) in [6.07, 6.45) is 3.69. The lowest BCUT2D eigenvalue weighted by Gasteiger charge is -2.26. The molecule has 110 valence electrons. The zero-order valence-electron chi connectivity index (χ0n) is 12.5. The first-order valence-electron chi connectivity index (χ1n) is 7.50. The molecule has 1 aliphatic rings. The molecule has 2 heterocycles. The van der Waals surface area contributed by atoms with Crippen LogP contribution in [-0.2, 0) is 0 Å². The number of piperidine rings is 1. The zero-order chi connectivity index (χ0) is 14.8. The summed E-state index contributed by atoms with van der Waals surface area (Å²) in [6, 6.07) is 8.12. The van der Waals surface area contributed by atoms with Crippen LogP contribution >= 0.6 is 11.6 Å². The number of hydrogen-bond acceptors (Lipinski definition) is 3. The van der Waals surface area contributed by atoms with Gasteiger partial charge in [0.2, 0.25) is 0 Å². The summed E-state index contributed by atoms with van der Waals surface area (Å²) in [5.41, 5.74) is 4.26. The molecule has 1 saturated heterocycles. The van der Waals surface area contributed by atoms with Crippen LogP contribution in [0.25, 0.3) is 11.4 Å². The van der Waals surface area contributed by atoms with Gasteiger partial charge in [-0.25, -0.2) is 9.97 Å². The Balaban J connectivity index is 2.02. The van der Waals surface area contributed by atoms with Gasteiger partial charge >= 0.3 is 0 Å². The first-order valence-corrected chi connectivity index (χ1v) is 7.88. The topological polar surface area (TPSA) is 37.8 Å². The zero-order valence-corrected chi connectivity index (χ0v) is 13.2. The van der Waals surface area contributed by atoms with E-state index >= 15 is 0 Å². The SMILES string of the molecule is Cc1nc(-c2ccccc2Cl)nc(C)c1C1CCCCN1. The van der Waals surface area contributed by atoms with Crippen molar-refractivity contribution < 1.29 is 0 Å². The molecule has 1 aromatic heterocycles. The van der Waals surface area contributed by atoms with Gasteiger partial charge in [0.05, 0.1) is 5.02 Å². The third-order valence-electron chi connectivity index (χ3n) is 4.10. The number of aryl methyl sites for hydroxylation is 2. The van der Waals surface area contributed by atoms with Gasteiger partial charge in [0.1, 0.15) is 0 Å². The molecule has 0 saturated carbocycles. The molecule has 1 aliphatic heterocycles. The quantitative estimate of drug-likeness (QED) is 0.902. The molecule has 21 heavy (non-hydrogen) atoms. The van der Waals surface area contributed by atoms with E-state index in [9.17, 15) is 0 Å². The maximum absolute atomic E-state index is 6.26. The van der Waals surface area contributed by atoms with E-state index in [1.54, 1.807) is 0 Å². The standard InChI is InChI=1S/C17H20ClN3/c1-11-16(15-9-5-6-10-19-15)12(2)21-17(20-11)13-7-3-4-8-14(13)18/h3-4,7-8,15,19H,5-6,9-10H2,1-2H3. The fourth-order valence-corrected chi connectivity index (χ4v) is 3.31. The van der Waals surface area contributed by atoms with Crippen LogP contribution in [0.2, 0.25) is 5.02 Å². The fourth-order valence-electron chi connectivity index (χ4n) is 3.09. The van der Waals surface area contributed by atoms with E-state index in [1.165, 1.54) is 18.4 Å². The van der Waals surface area contributed by atoms with Crippen molar-refractivity contribution in [1.29, 1.82) is 0 Å². The van der Waals surface area contributed by atoms with E-state index in [2.05, 4.69) is 19.2 Å². The predicted molar refractivity (Wildman–Crippen MR) is 86.5 cm³/mol. The fraction of sp³-hybridized carbons (Fsp3) is 0.412. The van der Waals surface area contributed by atoms with Crippen LogP contribution in [0.5, 0.6) is 0 Å². The van der Waals surface area contributed by atoms with Crippen LogP contribution in [0.3, 0.4) is 0 Å².